The fraction of sp³-hybridized carbons (Fsp3) is 0.250. The summed E-state index contributed by atoms with van der Waals surface area (Å²) in [5, 5.41) is 1.13. The van der Waals surface area contributed by atoms with Crippen LogP contribution in [0.3, 0.4) is 0 Å². The van der Waals surface area contributed by atoms with Crippen LogP contribution < -0.4 is 4.74 Å². The fourth-order valence-corrected chi connectivity index (χ4v) is 2.51. The van der Waals surface area contributed by atoms with E-state index >= 15 is 0 Å². The largest absolute Gasteiger partial charge is 0.497 e. The van der Waals surface area contributed by atoms with Crippen LogP contribution >= 0.6 is 24.0 Å². The van der Waals surface area contributed by atoms with Gasteiger partial charge in [-0.05, 0) is 17.7 Å². The number of hydrogen-bond acceptors (Lipinski definition) is 4. The van der Waals surface area contributed by atoms with Crippen molar-refractivity contribution in [2.75, 3.05) is 7.11 Å². The van der Waals surface area contributed by atoms with E-state index in [1.807, 2.05) is 18.3 Å². The lowest BCUT2D eigenvalue weighted by molar-refractivity contribution is 0.414. The Balaban J connectivity index is 2.08. The molecule has 0 bridgehead atoms. The number of methoxy groups -OCH3 is 1. The van der Waals surface area contributed by atoms with E-state index in [4.69, 9.17) is 4.74 Å². The predicted octanol–water partition coefficient (Wildman–Crippen LogP) is 3.17. The van der Waals surface area contributed by atoms with Crippen LogP contribution in [0.5, 0.6) is 5.75 Å². The summed E-state index contributed by atoms with van der Waals surface area (Å²) in [5.41, 5.74) is 1.25. The van der Waals surface area contributed by atoms with Gasteiger partial charge in [0, 0.05) is 23.2 Å². The highest BCUT2D eigenvalue weighted by molar-refractivity contribution is 7.79. The van der Waals surface area contributed by atoms with Crippen LogP contribution in [0, 0.1) is 0 Å². The second kappa shape index (κ2) is 5.37. The zero-order chi connectivity index (χ0) is 11.4. The first kappa shape index (κ1) is 11.5. The van der Waals surface area contributed by atoms with Gasteiger partial charge in [0.25, 0.3) is 0 Å². The van der Waals surface area contributed by atoms with Crippen LogP contribution in [-0.2, 0) is 12.2 Å². The third-order valence-corrected chi connectivity index (χ3v) is 3.82. The maximum atomic E-state index is 5.12. The molecule has 0 radical (unpaired) electrons. The molecule has 0 saturated carbocycles. The van der Waals surface area contributed by atoms with E-state index in [0.717, 1.165) is 22.9 Å². The first-order valence-corrected chi connectivity index (χ1v) is 6.44. The van der Waals surface area contributed by atoms with Gasteiger partial charge in [0.05, 0.1) is 12.1 Å². The Morgan fingerprint density at radius 1 is 1.31 bits per heavy atom. The SMILES string of the molecule is COc1ccc(Cc2ncc(CS)s2)cc1. The van der Waals surface area contributed by atoms with Crippen molar-refractivity contribution in [2.24, 2.45) is 0 Å². The molecule has 0 atom stereocenters. The third-order valence-electron chi connectivity index (χ3n) is 2.27. The molecule has 16 heavy (non-hydrogen) atoms. The Hall–Kier alpha value is -1.00. The van der Waals surface area contributed by atoms with Gasteiger partial charge >= 0.3 is 0 Å². The molecule has 2 nitrogen and oxygen atoms in total. The number of nitrogens with zero attached hydrogens (tertiary/aromatic N) is 1. The predicted molar refractivity (Wildman–Crippen MR) is 70.6 cm³/mol. The fourth-order valence-electron chi connectivity index (χ4n) is 1.42. The van der Waals surface area contributed by atoms with Crippen LogP contribution in [0.4, 0.5) is 0 Å². The molecule has 0 fully saturated rings. The van der Waals surface area contributed by atoms with Crippen LogP contribution in [0.2, 0.25) is 0 Å². The van der Waals surface area contributed by atoms with E-state index < -0.39 is 0 Å². The molecule has 1 aromatic heterocycles. The van der Waals surface area contributed by atoms with Gasteiger partial charge in [0.1, 0.15) is 5.75 Å². The molecular weight excluding hydrogens is 238 g/mol. The van der Waals surface area contributed by atoms with Gasteiger partial charge in [-0.25, -0.2) is 4.98 Å². The number of hydrogen-bond donors (Lipinski definition) is 1. The lowest BCUT2D eigenvalue weighted by atomic mass is 10.1. The topological polar surface area (TPSA) is 22.1 Å². The maximum absolute atomic E-state index is 5.12. The standard InChI is InChI=1S/C12H13NOS2/c1-14-10-4-2-9(3-5-10)6-12-13-7-11(8-15)16-12/h2-5,7,15H,6,8H2,1H3. The molecule has 0 N–H and O–H groups in total. The molecule has 0 spiro atoms. The third kappa shape index (κ3) is 2.77. The summed E-state index contributed by atoms with van der Waals surface area (Å²) in [6.07, 6.45) is 2.78. The lowest BCUT2D eigenvalue weighted by Crippen LogP contribution is -1.87. The van der Waals surface area contributed by atoms with E-state index in [0.29, 0.717) is 0 Å². The van der Waals surface area contributed by atoms with E-state index in [1.165, 1.54) is 10.4 Å². The molecule has 1 heterocycles. The summed E-state index contributed by atoms with van der Waals surface area (Å²) < 4.78 is 5.12. The summed E-state index contributed by atoms with van der Waals surface area (Å²) in [4.78, 5) is 5.58. The highest BCUT2D eigenvalue weighted by atomic mass is 32.1. The summed E-state index contributed by atoms with van der Waals surface area (Å²) in [6, 6.07) is 8.09. The summed E-state index contributed by atoms with van der Waals surface area (Å²) >= 11 is 5.95. The van der Waals surface area contributed by atoms with Gasteiger partial charge in [-0.15, -0.1) is 11.3 Å². The molecule has 0 aliphatic rings. The molecule has 0 saturated heterocycles. The van der Waals surface area contributed by atoms with Gasteiger partial charge in [-0.3, -0.25) is 0 Å². The number of ether oxygens (including phenoxy) is 1. The van der Waals surface area contributed by atoms with Crippen LogP contribution in [0.25, 0.3) is 0 Å². The van der Waals surface area contributed by atoms with Crippen molar-refractivity contribution in [2.45, 2.75) is 12.2 Å². The smallest absolute Gasteiger partial charge is 0.118 e. The Labute approximate surface area is 105 Å². The summed E-state index contributed by atoms with van der Waals surface area (Å²) in [5.74, 6) is 1.65. The van der Waals surface area contributed by atoms with Gasteiger partial charge in [-0.1, -0.05) is 12.1 Å². The van der Waals surface area contributed by atoms with Crippen molar-refractivity contribution in [3.05, 3.63) is 45.9 Å². The molecule has 0 amide bonds. The number of benzene rings is 1. The van der Waals surface area contributed by atoms with Crippen molar-refractivity contribution < 1.29 is 4.74 Å². The molecule has 0 unspecified atom stereocenters. The summed E-state index contributed by atoms with van der Waals surface area (Å²) in [7, 11) is 1.68. The van der Waals surface area contributed by atoms with Gasteiger partial charge in [0.2, 0.25) is 0 Å². The molecular formula is C12H13NOS2. The van der Waals surface area contributed by atoms with E-state index in [1.54, 1.807) is 18.4 Å². The van der Waals surface area contributed by atoms with E-state index in [-0.39, 0.29) is 0 Å². The number of rotatable bonds is 4. The highest BCUT2D eigenvalue weighted by Crippen LogP contribution is 2.19. The molecule has 0 aliphatic carbocycles. The second-order valence-corrected chi connectivity index (χ2v) is 4.92. The zero-order valence-electron chi connectivity index (χ0n) is 9.01. The van der Waals surface area contributed by atoms with Gasteiger partial charge in [0.15, 0.2) is 0 Å². The normalized spacial score (nSPS) is 10.4. The van der Waals surface area contributed by atoms with E-state index in [2.05, 4.69) is 29.7 Å². The van der Waals surface area contributed by atoms with Crippen molar-refractivity contribution in [1.82, 2.24) is 4.98 Å². The molecule has 2 aromatic rings. The minimum Gasteiger partial charge on any atom is -0.497 e. The first-order chi connectivity index (χ1) is 7.81. The van der Waals surface area contributed by atoms with Gasteiger partial charge < -0.3 is 4.74 Å². The molecule has 0 aliphatic heterocycles. The van der Waals surface area contributed by atoms with Crippen molar-refractivity contribution in [3.63, 3.8) is 0 Å². The Bertz CT molecular complexity index is 450. The number of aromatic nitrogens is 1. The minimum absolute atomic E-state index is 0.764. The van der Waals surface area contributed by atoms with Crippen LogP contribution in [0.1, 0.15) is 15.4 Å². The molecule has 4 heteroatoms. The number of thiol groups is 1. The van der Waals surface area contributed by atoms with Crippen molar-refractivity contribution in [1.29, 1.82) is 0 Å². The maximum Gasteiger partial charge on any atom is 0.118 e. The van der Waals surface area contributed by atoms with E-state index in [9.17, 15) is 0 Å². The number of thiazole rings is 1. The quantitative estimate of drug-likeness (QED) is 0.843. The van der Waals surface area contributed by atoms with Crippen molar-refractivity contribution in [3.8, 4) is 5.75 Å². The zero-order valence-corrected chi connectivity index (χ0v) is 10.7. The molecule has 2 rings (SSSR count). The Morgan fingerprint density at radius 2 is 2.06 bits per heavy atom. The lowest BCUT2D eigenvalue weighted by Gasteiger charge is -2.01. The van der Waals surface area contributed by atoms with Gasteiger partial charge in [-0.2, -0.15) is 12.6 Å². The van der Waals surface area contributed by atoms with Crippen LogP contribution in [-0.4, -0.2) is 12.1 Å². The minimum atomic E-state index is 0.764. The molecule has 1 aromatic carbocycles. The highest BCUT2D eigenvalue weighted by Gasteiger charge is 2.02. The second-order valence-electron chi connectivity index (χ2n) is 3.40. The van der Waals surface area contributed by atoms with Crippen LogP contribution in [0.15, 0.2) is 30.5 Å². The summed E-state index contributed by atoms with van der Waals surface area (Å²) in [6.45, 7) is 0. The molecule has 84 valence electrons. The van der Waals surface area contributed by atoms with Crippen molar-refractivity contribution >= 4 is 24.0 Å². The Morgan fingerprint density at radius 3 is 2.62 bits per heavy atom. The average Bonchev–Trinajstić information content (AvgIpc) is 2.78. The average molecular weight is 251 g/mol. The Kier molecular flexibility index (Phi) is 3.85. The first-order valence-electron chi connectivity index (χ1n) is 4.99. The monoisotopic (exact) mass is 251 g/mol.